The van der Waals surface area contributed by atoms with Crippen LogP contribution in [-0.2, 0) is 6.61 Å². The quantitative estimate of drug-likeness (QED) is 0.743. The first-order valence-electron chi connectivity index (χ1n) is 10.8. The molecule has 5 heteroatoms. The highest BCUT2D eigenvalue weighted by Crippen LogP contribution is 2.25. The number of carbonyl (C=O) groups excluding carboxylic acids is 1. The lowest BCUT2D eigenvalue weighted by molar-refractivity contribution is 0.0696. The summed E-state index contributed by atoms with van der Waals surface area (Å²) in [7, 11) is 0. The van der Waals surface area contributed by atoms with E-state index in [-0.39, 0.29) is 5.91 Å². The third kappa shape index (κ3) is 4.78. The Balaban J connectivity index is 1.35. The maximum atomic E-state index is 13.1. The molecule has 2 saturated heterocycles. The van der Waals surface area contributed by atoms with Crippen molar-refractivity contribution in [2.75, 3.05) is 19.6 Å². The maximum absolute atomic E-state index is 13.1. The van der Waals surface area contributed by atoms with Gasteiger partial charge in [0.15, 0.2) is 0 Å². The molecule has 5 nitrogen and oxygen atoms in total. The van der Waals surface area contributed by atoms with E-state index in [2.05, 4.69) is 21.7 Å². The van der Waals surface area contributed by atoms with E-state index in [0.29, 0.717) is 18.7 Å². The topological polar surface area (TPSA) is 45.7 Å². The van der Waals surface area contributed by atoms with E-state index in [1.54, 1.807) is 0 Å². The molecule has 0 N–H and O–H groups in total. The Labute approximate surface area is 173 Å². The number of nitrogens with zero attached hydrogens (tertiary/aromatic N) is 3. The van der Waals surface area contributed by atoms with Crippen molar-refractivity contribution in [1.82, 2.24) is 14.8 Å². The summed E-state index contributed by atoms with van der Waals surface area (Å²) in [5.74, 6) is 0.903. The molecule has 0 radical (unpaired) electrons. The molecule has 0 bridgehead atoms. The second-order valence-electron chi connectivity index (χ2n) is 8.36. The maximum Gasteiger partial charge on any atom is 0.254 e. The molecule has 2 aromatic rings. The Hall–Kier alpha value is -2.40. The lowest BCUT2D eigenvalue weighted by Gasteiger charge is -2.30. The van der Waals surface area contributed by atoms with Gasteiger partial charge < -0.3 is 9.64 Å². The van der Waals surface area contributed by atoms with Crippen LogP contribution in [0.3, 0.4) is 0 Å². The van der Waals surface area contributed by atoms with Gasteiger partial charge in [-0.3, -0.25) is 14.7 Å². The summed E-state index contributed by atoms with van der Waals surface area (Å²) in [6.07, 6.45) is 4.77. The van der Waals surface area contributed by atoms with E-state index in [9.17, 15) is 4.79 Å². The van der Waals surface area contributed by atoms with Gasteiger partial charge in [-0.15, -0.1) is 0 Å². The molecule has 0 aliphatic carbocycles. The third-order valence-corrected chi connectivity index (χ3v) is 6.21. The smallest absolute Gasteiger partial charge is 0.254 e. The number of aromatic nitrogens is 1. The number of rotatable bonds is 6. The molecule has 0 unspecified atom stereocenters. The highest BCUT2D eigenvalue weighted by molar-refractivity contribution is 5.94. The van der Waals surface area contributed by atoms with Gasteiger partial charge in [-0.25, -0.2) is 0 Å². The summed E-state index contributed by atoms with van der Waals surface area (Å²) >= 11 is 0. The zero-order valence-corrected chi connectivity index (χ0v) is 17.5. The van der Waals surface area contributed by atoms with Gasteiger partial charge >= 0.3 is 0 Å². The average molecular weight is 394 g/mol. The summed E-state index contributed by atoms with van der Waals surface area (Å²) in [5.41, 5.74) is 2.63. The summed E-state index contributed by atoms with van der Waals surface area (Å²) < 4.78 is 5.83. The van der Waals surface area contributed by atoms with Gasteiger partial charge in [0.1, 0.15) is 12.4 Å². The average Bonchev–Trinajstić information content (AvgIpc) is 3.36. The summed E-state index contributed by atoms with van der Waals surface area (Å²) in [5, 5.41) is 0. The van der Waals surface area contributed by atoms with Gasteiger partial charge in [0.05, 0.1) is 5.69 Å². The molecule has 1 aromatic heterocycles. The van der Waals surface area contributed by atoms with Gasteiger partial charge in [0, 0.05) is 36.4 Å². The fourth-order valence-electron chi connectivity index (χ4n) is 4.52. The van der Waals surface area contributed by atoms with Gasteiger partial charge in [-0.2, -0.15) is 0 Å². The predicted molar refractivity (Wildman–Crippen MR) is 114 cm³/mol. The Morgan fingerprint density at radius 1 is 1.10 bits per heavy atom. The normalized spacial score (nSPS) is 22.2. The first-order chi connectivity index (χ1) is 14.1. The lowest BCUT2D eigenvalue weighted by atomic mass is 10.1. The molecule has 0 saturated carbocycles. The number of hydrogen-bond donors (Lipinski definition) is 0. The predicted octanol–water partition coefficient (Wildman–Crippen LogP) is 4.06. The molecule has 2 aliphatic heterocycles. The second-order valence-corrected chi connectivity index (χ2v) is 8.36. The second kappa shape index (κ2) is 8.95. The number of pyridine rings is 1. The van der Waals surface area contributed by atoms with Crippen molar-refractivity contribution in [3.63, 3.8) is 0 Å². The molecule has 2 atom stereocenters. The highest BCUT2D eigenvalue weighted by Gasteiger charge is 2.32. The molecule has 2 aliphatic rings. The number of ether oxygens (including phenoxy) is 1. The van der Waals surface area contributed by atoms with E-state index < -0.39 is 0 Å². The number of amides is 1. The molecule has 1 amide bonds. The Morgan fingerprint density at radius 2 is 1.90 bits per heavy atom. The minimum atomic E-state index is 0.145. The van der Waals surface area contributed by atoms with Crippen molar-refractivity contribution in [3.8, 4) is 5.75 Å². The SMILES string of the molecule is Cc1cccc(COc2ccc(C(=O)N3CCC[C@H]3CN3CCC[C@H]3C)cc2)n1. The van der Waals surface area contributed by atoms with Crippen LogP contribution in [0.5, 0.6) is 5.75 Å². The van der Waals surface area contributed by atoms with Crippen molar-refractivity contribution < 1.29 is 9.53 Å². The van der Waals surface area contributed by atoms with Crippen LogP contribution in [0.15, 0.2) is 42.5 Å². The fraction of sp³-hybridized carbons (Fsp3) is 0.500. The zero-order valence-electron chi connectivity index (χ0n) is 17.5. The minimum absolute atomic E-state index is 0.145. The molecule has 2 fully saturated rings. The van der Waals surface area contributed by atoms with Gasteiger partial charge in [-0.1, -0.05) is 6.07 Å². The monoisotopic (exact) mass is 393 g/mol. The highest BCUT2D eigenvalue weighted by atomic mass is 16.5. The van der Waals surface area contributed by atoms with Crippen LogP contribution >= 0.6 is 0 Å². The Kier molecular flexibility index (Phi) is 6.14. The molecule has 1 aromatic carbocycles. The largest absolute Gasteiger partial charge is 0.487 e. The van der Waals surface area contributed by atoms with Crippen molar-refractivity contribution >= 4 is 5.91 Å². The lowest BCUT2D eigenvalue weighted by Crippen LogP contribution is -2.44. The molecule has 3 heterocycles. The summed E-state index contributed by atoms with van der Waals surface area (Å²) in [4.78, 5) is 22.2. The summed E-state index contributed by atoms with van der Waals surface area (Å²) in [6, 6.07) is 14.4. The van der Waals surface area contributed by atoms with Gasteiger partial charge in [0.25, 0.3) is 5.91 Å². The Morgan fingerprint density at radius 3 is 2.62 bits per heavy atom. The van der Waals surface area contributed by atoms with Crippen LogP contribution in [0.1, 0.15) is 54.4 Å². The molecule has 29 heavy (non-hydrogen) atoms. The number of benzene rings is 1. The summed E-state index contributed by atoms with van der Waals surface area (Å²) in [6.45, 7) is 7.75. The van der Waals surface area contributed by atoms with Crippen molar-refractivity contribution in [1.29, 1.82) is 0 Å². The van der Waals surface area contributed by atoms with E-state index in [1.807, 2.05) is 49.4 Å². The number of aryl methyl sites for hydroxylation is 1. The molecular formula is C24H31N3O2. The van der Waals surface area contributed by atoms with Crippen molar-refractivity contribution in [3.05, 3.63) is 59.4 Å². The van der Waals surface area contributed by atoms with E-state index >= 15 is 0 Å². The molecule has 0 spiro atoms. The first-order valence-corrected chi connectivity index (χ1v) is 10.8. The van der Waals surface area contributed by atoms with Crippen LogP contribution in [0.25, 0.3) is 0 Å². The van der Waals surface area contributed by atoms with Gasteiger partial charge in [0.2, 0.25) is 0 Å². The standard InChI is InChI=1S/C24H31N3O2/c1-18-6-3-8-21(25-18)17-29-23-12-10-20(11-13-23)24(28)27-15-5-9-22(27)16-26-14-4-7-19(26)2/h3,6,8,10-13,19,22H,4-5,7,9,14-17H2,1-2H3/t19-,22+/m1/s1. The van der Waals surface area contributed by atoms with Gasteiger partial charge in [-0.05, 0) is 82.5 Å². The molecule has 154 valence electrons. The van der Waals surface area contributed by atoms with Crippen LogP contribution in [-0.4, -0.2) is 52.4 Å². The number of likely N-dealkylation sites (tertiary alicyclic amines) is 2. The molecule has 4 rings (SSSR count). The fourth-order valence-corrected chi connectivity index (χ4v) is 4.52. The zero-order chi connectivity index (χ0) is 20.2. The van der Waals surface area contributed by atoms with Crippen molar-refractivity contribution in [2.45, 2.75) is 58.2 Å². The van der Waals surface area contributed by atoms with E-state index in [1.165, 1.54) is 19.4 Å². The third-order valence-electron chi connectivity index (χ3n) is 6.21. The van der Waals surface area contributed by atoms with Crippen LogP contribution in [0.4, 0.5) is 0 Å². The van der Waals surface area contributed by atoms with Crippen LogP contribution < -0.4 is 4.74 Å². The van der Waals surface area contributed by atoms with Crippen molar-refractivity contribution in [2.24, 2.45) is 0 Å². The van der Waals surface area contributed by atoms with E-state index in [4.69, 9.17) is 4.74 Å². The van der Waals surface area contributed by atoms with Crippen LogP contribution in [0, 0.1) is 6.92 Å². The minimum Gasteiger partial charge on any atom is -0.487 e. The first kappa shape index (κ1) is 19.9. The molecular weight excluding hydrogens is 362 g/mol. The number of carbonyl (C=O) groups is 1. The number of hydrogen-bond acceptors (Lipinski definition) is 4. The van der Waals surface area contributed by atoms with Crippen LogP contribution in [0.2, 0.25) is 0 Å². The Bertz CT molecular complexity index is 836. The van der Waals surface area contributed by atoms with E-state index in [0.717, 1.165) is 48.6 Å².